The molecule has 1 aromatic heterocycles. The number of halogens is 3. The number of anilines is 1. The summed E-state index contributed by atoms with van der Waals surface area (Å²) in [6.45, 7) is 0. The van der Waals surface area contributed by atoms with E-state index in [2.05, 4.69) is 15.4 Å². The predicted octanol–water partition coefficient (Wildman–Crippen LogP) is 3.77. The summed E-state index contributed by atoms with van der Waals surface area (Å²) in [5.41, 5.74) is 0.169. The van der Waals surface area contributed by atoms with Gasteiger partial charge in [0.25, 0.3) is 5.91 Å². The Labute approximate surface area is 151 Å². The van der Waals surface area contributed by atoms with E-state index < -0.39 is 11.6 Å². The predicted molar refractivity (Wildman–Crippen MR) is 93.6 cm³/mol. The van der Waals surface area contributed by atoms with Gasteiger partial charge >= 0.3 is 5.69 Å². The monoisotopic (exact) mass is 382 g/mol. The van der Waals surface area contributed by atoms with Gasteiger partial charge in [-0.25, -0.2) is 4.79 Å². The Bertz CT molecular complexity index is 943. The first-order valence-electron chi connectivity index (χ1n) is 6.66. The standard InChI is InChI=1S/C15H9Cl3N4O2/c16-8-6-10(17)12(11(18)7-8)19-14(23)13-20-15(24)22(21-13)9-4-2-1-3-5-9/h1-7H,(H,19,23)(H,20,21,24). The average Bonchev–Trinajstić information content (AvgIpc) is 2.93. The third-order valence-corrected chi connectivity index (χ3v) is 3.89. The zero-order valence-corrected chi connectivity index (χ0v) is 14.2. The van der Waals surface area contributed by atoms with Crippen molar-refractivity contribution >= 4 is 46.4 Å². The first-order chi connectivity index (χ1) is 11.5. The van der Waals surface area contributed by atoms with Crippen molar-refractivity contribution in [1.29, 1.82) is 0 Å². The number of rotatable bonds is 3. The number of carbonyl (C=O) groups excluding carboxylic acids is 1. The molecule has 0 spiro atoms. The Hall–Kier alpha value is -2.28. The molecule has 0 fully saturated rings. The number of H-pyrrole nitrogens is 1. The molecule has 3 aromatic rings. The van der Waals surface area contributed by atoms with Gasteiger partial charge < -0.3 is 5.32 Å². The van der Waals surface area contributed by atoms with Crippen LogP contribution in [0.4, 0.5) is 5.69 Å². The van der Waals surface area contributed by atoms with E-state index in [9.17, 15) is 9.59 Å². The lowest BCUT2D eigenvalue weighted by atomic mass is 10.3. The summed E-state index contributed by atoms with van der Waals surface area (Å²) in [7, 11) is 0. The van der Waals surface area contributed by atoms with E-state index in [0.717, 1.165) is 4.68 Å². The van der Waals surface area contributed by atoms with E-state index >= 15 is 0 Å². The van der Waals surface area contributed by atoms with Gasteiger partial charge in [0.05, 0.1) is 21.4 Å². The highest BCUT2D eigenvalue weighted by atomic mass is 35.5. The van der Waals surface area contributed by atoms with Gasteiger partial charge in [0.1, 0.15) is 0 Å². The number of hydrogen-bond acceptors (Lipinski definition) is 3. The van der Waals surface area contributed by atoms with Crippen LogP contribution in [0.15, 0.2) is 47.3 Å². The molecule has 0 aliphatic heterocycles. The number of hydrogen-bond donors (Lipinski definition) is 2. The van der Waals surface area contributed by atoms with Gasteiger partial charge in [-0.3, -0.25) is 9.78 Å². The molecule has 122 valence electrons. The summed E-state index contributed by atoms with van der Waals surface area (Å²) in [5, 5.41) is 7.17. The number of carbonyl (C=O) groups is 1. The molecule has 2 aromatic carbocycles. The summed E-state index contributed by atoms with van der Waals surface area (Å²) < 4.78 is 1.08. The molecule has 24 heavy (non-hydrogen) atoms. The van der Waals surface area contributed by atoms with Gasteiger partial charge in [-0.15, -0.1) is 5.10 Å². The number of para-hydroxylation sites is 1. The SMILES string of the molecule is O=C(Nc1c(Cl)cc(Cl)cc1Cl)c1nn(-c2ccccc2)c(=O)[nH]1. The zero-order valence-electron chi connectivity index (χ0n) is 11.9. The zero-order chi connectivity index (χ0) is 17.3. The van der Waals surface area contributed by atoms with Crippen molar-refractivity contribution in [3.8, 4) is 5.69 Å². The molecule has 0 aliphatic carbocycles. The maximum absolute atomic E-state index is 12.3. The fourth-order valence-electron chi connectivity index (χ4n) is 2.01. The van der Waals surface area contributed by atoms with Crippen LogP contribution < -0.4 is 11.0 Å². The third-order valence-electron chi connectivity index (χ3n) is 3.08. The molecule has 1 heterocycles. The maximum Gasteiger partial charge on any atom is 0.348 e. The van der Waals surface area contributed by atoms with Crippen LogP contribution in [0.2, 0.25) is 15.1 Å². The minimum absolute atomic E-state index is 0.172. The topological polar surface area (TPSA) is 79.8 Å². The van der Waals surface area contributed by atoms with Crippen molar-refractivity contribution in [2.45, 2.75) is 0 Å². The quantitative estimate of drug-likeness (QED) is 0.722. The molecular weight excluding hydrogens is 375 g/mol. The average molecular weight is 384 g/mol. The second-order valence-electron chi connectivity index (χ2n) is 4.72. The van der Waals surface area contributed by atoms with Crippen LogP contribution in [0.1, 0.15) is 10.6 Å². The van der Waals surface area contributed by atoms with Gasteiger partial charge in [-0.05, 0) is 24.3 Å². The second-order valence-corrected chi connectivity index (χ2v) is 5.98. The van der Waals surface area contributed by atoms with E-state index in [0.29, 0.717) is 10.7 Å². The molecule has 2 N–H and O–H groups in total. The Morgan fingerprint density at radius 3 is 2.33 bits per heavy atom. The maximum atomic E-state index is 12.3. The van der Waals surface area contributed by atoms with Gasteiger partial charge in [0.15, 0.2) is 0 Å². The minimum atomic E-state index is -0.659. The highest BCUT2D eigenvalue weighted by molar-refractivity contribution is 6.42. The lowest BCUT2D eigenvalue weighted by Gasteiger charge is -2.08. The van der Waals surface area contributed by atoms with Crippen molar-refractivity contribution in [3.05, 3.63) is 73.8 Å². The van der Waals surface area contributed by atoms with Crippen LogP contribution in [0.3, 0.4) is 0 Å². The Balaban J connectivity index is 1.91. The first-order valence-corrected chi connectivity index (χ1v) is 7.80. The fourth-order valence-corrected chi connectivity index (χ4v) is 2.92. The summed E-state index contributed by atoms with van der Waals surface area (Å²) in [5.74, 6) is -0.834. The van der Waals surface area contributed by atoms with Crippen molar-refractivity contribution in [1.82, 2.24) is 14.8 Å². The highest BCUT2D eigenvalue weighted by Gasteiger charge is 2.17. The molecule has 0 aliphatic rings. The molecule has 0 atom stereocenters. The molecule has 0 unspecified atom stereocenters. The number of aromatic amines is 1. The van der Waals surface area contributed by atoms with E-state index in [1.807, 2.05) is 0 Å². The van der Waals surface area contributed by atoms with Gasteiger partial charge in [0, 0.05) is 5.02 Å². The molecular formula is C15H9Cl3N4O2. The summed E-state index contributed by atoms with van der Waals surface area (Å²) >= 11 is 17.9. The Kier molecular flexibility index (Phi) is 4.62. The van der Waals surface area contributed by atoms with Crippen LogP contribution >= 0.6 is 34.8 Å². The van der Waals surface area contributed by atoms with Gasteiger partial charge in [-0.1, -0.05) is 53.0 Å². The Morgan fingerprint density at radius 2 is 1.71 bits per heavy atom. The summed E-state index contributed by atoms with van der Waals surface area (Å²) in [6, 6.07) is 11.6. The van der Waals surface area contributed by atoms with E-state index in [4.69, 9.17) is 34.8 Å². The van der Waals surface area contributed by atoms with Crippen LogP contribution in [-0.4, -0.2) is 20.7 Å². The molecule has 1 amide bonds. The van der Waals surface area contributed by atoms with Crippen LogP contribution in [0.5, 0.6) is 0 Å². The van der Waals surface area contributed by atoms with Crippen molar-refractivity contribution in [3.63, 3.8) is 0 Å². The largest absolute Gasteiger partial charge is 0.348 e. The second kappa shape index (κ2) is 6.68. The number of nitrogens with zero attached hydrogens (tertiary/aromatic N) is 2. The molecule has 0 radical (unpaired) electrons. The lowest BCUT2D eigenvalue weighted by molar-refractivity contribution is 0.101. The normalized spacial score (nSPS) is 10.6. The highest BCUT2D eigenvalue weighted by Crippen LogP contribution is 2.33. The number of aromatic nitrogens is 3. The molecule has 3 rings (SSSR count). The molecule has 9 heteroatoms. The fraction of sp³-hybridized carbons (Fsp3) is 0. The lowest BCUT2D eigenvalue weighted by Crippen LogP contribution is -2.16. The Morgan fingerprint density at radius 1 is 1.08 bits per heavy atom. The first kappa shape index (κ1) is 16.6. The van der Waals surface area contributed by atoms with Crippen molar-refractivity contribution in [2.75, 3.05) is 5.32 Å². The number of amides is 1. The summed E-state index contributed by atoms with van der Waals surface area (Å²) in [4.78, 5) is 26.6. The van der Waals surface area contributed by atoms with Crippen LogP contribution in [0.25, 0.3) is 5.69 Å². The van der Waals surface area contributed by atoms with Gasteiger partial charge in [-0.2, -0.15) is 4.68 Å². The van der Waals surface area contributed by atoms with Crippen molar-refractivity contribution in [2.24, 2.45) is 0 Å². The number of nitrogens with one attached hydrogen (secondary N) is 2. The summed E-state index contributed by atoms with van der Waals surface area (Å²) in [6.07, 6.45) is 0. The molecule has 6 nitrogen and oxygen atoms in total. The molecule has 0 saturated carbocycles. The van der Waals surface area contributed by atoms with Crippen LogP contribution in [0, 0.1) is 0 Å². The van der Waals surface area contributed by atoms with E-state index in [-0.39, 0.29) is 21.6 Å². The smallest absolute Gasteiger partial charge is 0.317 e. The van der Waals surface area contributed by atoms with Gasteiger partial charge in [0.2, 0.25) is 5.82 Å². The van der Waals surface area contributed by atoms with Crippen molar-refractivity contribution < 1.29 is 4.79 Å². The van der Waals surface area contributed by atoms with Crippen LogP contribution in [-0.2, 0) is 0 Å². The minimum Gasteiger partial charge on any atom is -0.317 e. The molecule has 0 saturated heterocycles. The third kappa shape index (κ3) is 3.31. The van der Waals surface area contributed by atoms with E-state index in [1.165, 1.54) is 12.1 Å². The van der Waals surface area contributed by atoms with E-state index in [1.54, 1.807) is 30.3 Å². The molecule has 0 bridgehead atoms. The number of benzene rings is 2.